The number of hydrogen-bond acceptors (Lipinski definition) is 4. The average Bonchev–Trinajstić information content (AvgIpc) is 2.85. The molecule has 1 aliphatic rings. The molecular formula is C14H15ClN4O2. The summed E-state index contributed by atoms with van der Waals surface area (Å²) in [6.07, 6.45) is 7.29. The highest BCUT2D eigenvalue weighted by Gasteiger charge is 2.22. The highest BCUT2D eigenvalue weighted by atomic mass is 35.5. The van der Waals surface area contributed by atoms with Crippen molar-refractivity contribution in [2.75, 3.05) is 5.43 Å². The molecule has 1 aliphatic carbocycles. The number of nitrogens with zero attached hydrogens (tertiary/aromatic N) is 3. The van der Waals surface area contributed by atoms with Crippen LogP contribution >= 0.6 is 11.6 Å². The van der Waals surface area contributed by atoms with Crippen molar-refractivity contribution >= 4 is 34.8 Å². The van der Waals surface area contributed by atoms with Gasteiger partial charge in [-0.05, 0) is 30.5 Å². The topological polar surface area (TPSA) is 76.9 Å². The van der Waals surface area contributed by atoms with Gasteiger partial charge < -0.3 is 0 Å². The Morgan fingerprint density at radius 1 is 1.38 bits per heavy atom. The van der Waals surface area contributed by atoms with Gasteiger partial charge in [0.2, 0.25) is 11.2 Å². The van der Waals surface area contributed by atoms with Gasteiger partial charge in [-0.25, -0.2) is 9.66 Å². The van der Waals surface area contributed by atoms with E-state index in [9.17, 15) is 9.59 Å². The summed E-state index contributed by atoms with van der Waals surface area (Å²) in [4.78, 5) is 31.5. The number of hydrogen-bond donors (Lipinski definition) is 1. The van der Waals surface area contributed by atoms with Crippen LogP contribution in [0, 0.1) is 5.92 Å². The van der Waals surface area contributed by atoms with Crippen LogP contribution in [0.15, 0.2) is 12.3 Å². The van der Waals surface area contributed by atoms with Crippen LogP contribution in [0.4, 0.5) is 0 Å². The van der Waals surface area contributed by atoms with Crippen LogP contribution in [0.2, 0.25) is 5.28 Å². The number of carbonyl (C=O) groups excluding carboxylic acids is 2. The first-order chi connectivity index (χ1) is 10.2. The molecular weight excluding hydrogens is 292 g/mol. The molecule has 7 heteroatoms. The first-order valence-corrected chi connectivity index (χ1v) is 7.37. The fraction of sp³-hybridized carbons (Fsp3) is 0.429. The SMILES string of the molecule is O=Cc1cc2cnc(Cl)nc2n1NC(=O)C1CCCCC1. The molecule has 2 heterocycles. The molecule has 1 saturated carbocycles. The van der Waals surface area contributed by atoms with Crippen LogP contribution in [0.5, 0.6) is 0 Å². The fourth-order valence-electron chi connectivity index (χ4n) is 2.76. The molecule has 2 aromatic rings. The fourth-order valence-corrected chi connectivity index (χ4v) is 2.89. The summed E-state index contributed by atoms with van der Waals surface area (Å²) >= 11 is 5.79. The Hall–Kier alpha value is -1.95. The third kappa shape index (κ3) is 2.76. The van der Waals surface area contributed by atoms with E-state index in [-0.39, 0.29) is 17.1 Å². The van der Waals surface area contributed by atoms with E-state index in [1.807, 2.05) is 0 Å². The Balaban J connectivity index is 1.93. The molecule has 1 N–H and O–H groups in total. The number of aromatic nitrogens is 3. The van der Waals surface area contributed by atoms with Gasteiger partial charge in [0.1, 0.15) is 5.69 Å². The van der Waals surface area contributed by atoms with E-state index >= 15 is 0 Å². The molecule has 1 amide bonds. The van der Waals surface area contributed by atoms with Gasteiger partial charge in [0, 0.05) is 17.5 Å². The molecule has 3 rings (SSSR count). The number of halogens is 1. The summed E-state index contributed by atoms with van der Waals surface area (Å²) in [6.45, 7) is 0. The number of carbonyl (C=O) groups is 2. The van der Waals surface area contributed by atoms with E-state index in [0.717, 1.165) is 25.7 Å². The maximum atomic E-state index is 12.3. The van der Waals surface area contributed by atoms with Crippen molar-refractivity contribution in [3.63, 3.8) is 0 Å². The maximum absolute atomic E-state index is 12.3. The van der Waals surface area contributed by atoms with Crippen LogP contribution in [0.3, 0.4) is 0 Å². The van der Waals surface area contributed by atoms with Crippen LogP contribution in [-0.4, -0.2) is 26.8 Å². The molecule has 0 radical (unpaired) electrons. The van der Waals surface area contributed by atoms with E-state index in [0.29, 0.717) is 23.0 Å². The van der Waals surface area contributed by atoms with Crippen molar-refractivity contribution in [3.05, 3.63) is 23.2 Å². The molecule has 21 heavy (non-hydrogen) atoms. The highest BCUT2D eigenvalue weighted by molar-refractivity contribution is 6.28. The summed E-state index contributed by atoms with van der Waals surface area (Å²) in [5.74, 6) is -0.0851. The minimum atomic E-state index is -0.0787. The summed E-state index contributed by atoms with van der Waals surface area (Å²) < 4.78 is 1.40. The second-order valence-electron chi connectivity index (χ2n) is 5.25. The largest absolute Gasteiger partial charge is 0.296 e. The van der Waals surface area contributed by atoms with E-state index in [2.05, 4.69) is 15.4 Å². The van der Waals surface area contributed by atoms with Crippen LogP contribution < -0.4 is 5.43 Å². The van der Waals surface area contributed by atoms with Gasteiger partial charge in [-0.1, -0.05) is 19.3 Å². The summed E-state index contributed by atoms with van der Waals surface area (Å²) in [5, 5.41) is 0.733. The second kappa shape index (κ2) is 5.81. The van der Waals surface area contributed by atoms with Crippen molar-refractivity contribution in [1.29, 1.82) is 0 Å². The monoisotopic (exact) mass is 306 g/mol. The maximum Gasteiger partial charge on any atom is 0.241 e. The van der Waals surface area contributed by atoms with Gasteiger partial charge in [0.15, 0.2) is 11.9 Å². The summed E-state index contributed by atoms with van der Waals surface area (Å²) in [6, 6.07) is 1.62. The molecule has 0 aromatic carbocycles. The lowest BCUT2D eigenvalue weighted by molar-refractivity contribution is -0.121. The molecule has 0 atom stereocenters. The van der Waals surface area contributed by atoms with Gasteiger partial charge >= 0.3 is 0 Å². The smallest absolute Gasteiger partial charge is 0.241 e. The van der Waals surface area contributed by atoms with Crippen LogP contribution in [0.1, 0.15) is 42.6 Å². The van der Waals surface area contributed by atoms with Gasteiger partial charge in [-0.2, -0.15) is 4.98 Å². The number of rotatable bonds is 3. The normalized spacial score (nSPS) is 16.0. The Bertz CT molecular complexity index is 692. The number of fused-ring (bicyclic) bond motifs is 1. The quantitative estimate of drug-likeness (QED) is 0.698. The first-order valence-electron chi connectivity index (χ1n) is 6.99. The Morgan fingerprint density at radius 2 is 2.14 bits per heavy atom. The van der Waals surface area contributed by atoms with Crippen molar-refractivity contribution < 1.29 is 9.59 Å². The van der Waals surface area contributed by atoms with Crippen molar-refractivity contribution in [2.24, 2.45) is 5.92 Å². The third-order valence-corrected chi connectivity index (χ3v) is 4.04. The first kappa shape index (κ1) is 14.0. The molecule has 2 aromatic heterocycles. The predicted octanol–water partition coefficient (Wildman–Crippen LogP) is 2.55. The lowest BCUT2D eigenvalue weighted by Gasteiger charge is -2.21. The molecule has 110 valence electrons. The van der Waals surface area contributed by atoms with Crippen molar-refractivity contribution in [2.45, 2.75) is 32.1 Å². The van der Waals surface area contributed by atoms with Crippen molar-refractivity contribution in [3.8, 4) is 0 Å². The Kier molecular flexibility index (Phi) is 3.88. The molecule has 0 unspecified atom stereocenters. The summed E-state index contributed by atoms with van der Waals surface area (Å²) in [7, 11) is 0. The predicted molar refractivity (Wildman–Crippen MR) is 78.9 cm³/mol. The lowest BCUT2D eigenvalue weighted by Crippen LogP contribution is -2.31. The van der Waals surface area contributed by atoms with Gasteiger partial charge in [0.05, 0.1) is 0 Å². The van der Waals surface area contributed by atoms with Crippen molar-refractivity contribution in [1.82, 2.24) is 14.6 Å². The minimum Gasteiger partial charge on any atom is -0.296 e. The number of aldehydes is 1. The lowest BCUT2D eigenvalue weighted by atomic mass is 9.89. The van der Waals surface area contributed by atoms with Crippen LogP contribution in [-0.2, 0) is 4.79 Å². The van der Waals surface area contributed by atoms with E-state index in [1.54, 1.807) is 6.07 Å². The van der Waals surface area contributed by atoms with E-state index < -0.39 is 0 Å². The zero-order valence-electron chi connectivity index (χ0n) is 11.4. The zero-order chi connectivity index (χ0) is 14.8. The molecule has 0 aliphatic heterocycles. The average molecular weight is 307 g/mol. The van der Waals surface area contributed by atoms with Gasteiger partial charge in [-0.15, -0.1) is 0 Å². The standard InChI is InChI=1S/C14H15ClN4O2/c15-14-16-7-10-6-11(8-20)19(12(10)17-14)18-13(21)9-4-2-1-3-5-9/h6-9H,1-5H2,(H,18,21). The van der Waals surface area contributed by atoms with Gasteiger partial charge in [0.25, 0.3) is 0 Å². The molecule has 6 nitrogen and oxygen atoms in total. The number of nitrogens with one attached hydrogen (secondary N) is 1. The Labute approximate surface area is 126 Å². The minimum absolute atomic E-state index is 0.00647. The summed E-state index contributed by atoms with van der Waals surface area (Å²) in [5.41, 5.74) is 3.54. The Morgan fingerprint density at radius 3 is 2.86 bits per heavy atom. The third-order valence-electron chi connectivity index (χ3n) is 3.86. The molecule has 0 spiro atoms. The molecule has 1 fully saturated rings. The van der Waals surface area contributed by atoms with Crippen LogP contribution in [0.25, 0.3) is 11.0 Å². The van der Waals surface area contributed by atoms with E-state index in [4.69, 9.17) is 11.6 Å². The number of amides is 1. The highest BCUT2D eigenvalue weighted by Crippen LogP contribution is 2.24. The second-order valence-corrected chi connectivity index (χ2v) is 5.59. The van der Waals surface area contributed by atoms with Gasteiger partial charge in [-0.3, -0.25) is 15.0 Å². The molecule has 0 bridgehead atoms. The zero-order valence-corrected chi connectivity index (χ0v) is 12.1. The van der Waals surface area contributed by atoms with E-state index in [1.165, 1.54) is 17.3 Å². The molecule has 0 saturated heterocycles.